The lowest BCUT2D eigenvalue weighted by Crippen LogP contribution is -2.50. The Morgan fingerprint density at radius 3 is 2.04 bits per heavy atom. The molecule has 1 aromatic rings. The van der Waals surface area contributed by atoms with Crippen LogP contribution in [0.4, 0.5) is 0 Å². The summed E-state index contributed by atoms with van der Waals surface area (Å²) in [6, 6.07) is 5.46. The highest BCUT2D eigenvalue weighted by molar-refractivity contribution is 7.86. The summed E-state index contributed by atoms with van der Waals surface area (Å²) >= 11 is 0. The third-order valence-electron chi connectivity index (χ3n) is 3.03. The van der Waals surface area contributed by atoms with Crippen LogP contribution in [0.5, 0.6) is 5.75 Å². The molecule has 1 atom stereocenters. The molecule has 1 rings (SSSR count). The molecule has 0 radical (unpaired) electrons. The van der Waals surface area contributed by atoms with Crippen LogP contribution >= 0.6 is 0 Å². The maximum absolute atomic E-state index is 12.6. The van der Waals surface area contributed by atoms with Crippen molar-refractivity contribution >= 4 is 22.1 Å². The van der Waals surface area contributed by atoms with Crippen LogP contribution in [0.3, 0.4) is 0 Å². The van der Waals surface area contributed by atoms with Gasteiger partial charge in [0.1, 0.15) is 11.4 Å². The van der Waals surface area contributed by atoms with Gasteiger partial charge in [-0.15, -0.1) is 0 Å². The first kappa shape index (κ1) is 20.9. The number of hydrogen-bond acceptors (Lipinski definition) is 8. The third-order valence-corrected chi connectivity index (χ3v) is 3.53. The average molecular weight is 373 g/mol. The van der Waals surface area contributed by atoms with Gasteiger partial charge in [0, 0.05) is 0 Å². The van der Waals surface area contributed by atoms with Crippen LogP contribution < -0.4 is 9.92 Å². The molecule has 0 bridgehead atoms. The normalized spacial score (nSPS) is 14.3. The lowest BCUT2D eigenvalue weighted by atomic mass is 9.87. The smallest absolute Gasteiger partial charge is 0.331 e. The number of esters is 2. The Balaban J connectivity index is 3.23. The van der Waals surface area contributed by atoms with Crippen LogP contribution in [-0.2, 0) is 34.7 Å². The molecule has 0 amide bonds. The second kappa shape index (κ2) is 7.40. The maximum atomic E-state index is 12.6. The van der Waals surface area contributed by atoms with E-state index in [4.69, 9.17) is 14.7 Å². The van der Waals surface area contributed by atoms with Crippen molar-refractivity contribution in [2.45, 2.75) is 38.3 Å². The van der Waals surface area contributed by atoms with Crippen LogP contribution in [0.1, 0.15) is 32.8 Å². The van der Waals surface area contributed by atoms with E-state index >= 15 is 0 Å². The van der Waals surface area contributed by atoms with Crippen LogP contribution in [0, 0.1) is 0 Å². The standard InChI is InChI=1S/C16H23NO7S/c1-15(2,3)23-14(19)16(17,10-13(18)22-4)11-6-8-12(9-7-11)24-25(5,20)21/h6-9H,10,17H2,1-5H3. The van der Waals surface area contributed by atoms with E-state index in [2.05, 4.69) is 4.74 Å². The quantitative estimate of drug-likeness (QED) is 0.581. The molecule has 25 heavy (non-hydrogen) atoms. The summed E-state index contributed by atoms with van der Waals surface area (Å²) in [5.74, 6) is -1.44. The minimum atomic E-state index is -3.69. The van der Waals surface area contributed by atoms with Crippen LogP contribution in [0.15, 0.2) is 24.3 Å². The summed E-state index contributed by atoms with van der Waals surface area (Å²) in [5, 5.41) is 0. The minimum Gasteiger partial charge on any atom is -0.469 e. The van der Waals surface area contributed by atoms with Gasteiger partial charge in [-0.3, -0.25) is 4.79 Å². The highest BCUT2D eigenvalue weighted by Crippen LogP contribution is 2.28. The van der Waals surface area contributed by atoms with Gasteiger partial charge >= 0.3 is 22.1 Å². The fourth-order valence-corrected chi connectivity index (χ4v) is 2.40. The fourth-order valence-electron chi connectivity index (χ4n) is 1.94. The Morgan fingerprint density at radius 2 is 1.64 bits per heavy atom. The van der Waals surface area contributed by atoms with Crippen molar-refractivity contribution in [2.24, 2.45) is 5.73 Å². The number of nitrogens with two attached hydrogens (primary N) is 1. The summed E-state index contributed by atoms with van der Waals surface area (Å²) < 4.78 is 37.0. The van der Waals surface area contributed by atoms with Gasteiger partial charge in [0.25, 0.3) is 0 Å². The second-order valence-corrected chi connectivity index (χ2v) is 8.11. The summed E-state index contributed by atoms with van der Waals surface area (Å²) in [5.41, 5.74) is 3.85. The van der Waals surface area contributed by atoms with Gasteiger partial charge in [-0.25, -0.2) is 4.79 Å². The predicted molar refractivity (Wildman–Crippen MR) is 90.3 cm³/mol. The lowest BCUT2D eigenvalue weighted by molar-refractivity contribution is -0.165. The minimum absolute atomic E-state index is 0.0517. The molecule has 0 saturated carbocycles. The number of rotatable bonds is 6. The van der Waals surface area contributed by atoms with Crippen molar-refractivity contribution in [3.05, 3.63) is 29.8 Å². The summed E-state index contributed by atoms with van der Waals surface area (Å²) in [4.78, 5) is 24.3. The summed E-state index contributed by atoms with van der Waals surface area (Å²) in [6.45, 7) is 5.02. The van der Waals surface area contributed by atoms with E-state index in [0.29, 0.717) is 0 Å². The van der Waals surface area contributed by atoms with Crippen LogP contribution in [0.2, 0.25) is 0 Å². The number of carbonyl (C=O) groups excluding carboxylic acids is 2. The van der Waals surface area contributed by atoms with Gasteiger partial charge in [-0.1, -0.05) is 12.1 Å². The zero-order chi connectivity index (χ0) is 19.5. The Bertz CT molecular complexity index is 735. The first-order valence-corrected chi connectivity index (χ1v) is 9.17. The van der Waals surface area contributed by atoms with E-state index in [1.165, 1.54) is 31.4 Å². The molecule has 0 heterocycles. The number of ether oxygens (including phenoxy) is 2. The van der Waals surface area contributed by atoms with Gasteiger partial charge in [0.15, 0.2) is 5.54 Å². The van der Waals surface area contributed by atoms with E-state index in [-0.39, 0.29) is 11.3 Å². The number of hydrogen-bond donors (Lipinski definition) is 1. The summed E-state index contributed by atoms with van der Waals surface area (Å²) in [7, 11) is -2.50. The van der Waals surface area contributed by atoms with Gasteiger partial charge in [0.2, 0.25) is 0 Å². The maximum Gasteiger partial charge on any atom is 0.331 e. The molecule has 9 heteroatoms. The average Bonchev–Trinajstić information content (AvgIpc) is 2.44. The Kier molecular flexibility index (Phi) is 6.19. The molecule has 1 aromatic carbocycles. The number of carbonyl (C=O) groups is 2. The zero-order valence-corrected chi connectivity index (χ0v) is 15.7. The van der Waals surface area contributed by atoms with Crippen molar-refractivity contribution in [2.75, 3.05) is 13.4 Å². The topological polar surface area (TPSA) is 122 Å². The van der Waals surface area contributed by atoms with Crippen molar-refractivity contribution in [3.8, 4) is 5.75 Å². The van der Waals surface area contributed by atoms with E-state index in [9.17, 15) is 18.0 Å². The van der Waals surface area contributed by atoms with E-state index in [1.807, 2.05) is 0 Å². The largest absolute Gasteiger partial charge is 0.469 e. The Morgan fingerprint density at radius 1 is 1.12 bits per heavy atom. The van der Waals surface area contributed by atoms with Gasteiger partial charge < -0.3 is 19.4 Å². The second-order valence-electron chi connectivity index (χ2n) is 6.54. The zero-order valence-electron chi connectivity index (χ0n) is 14.9. The molecule has 0 fully saturated rings. The number of benzene rings is 1. The SMILES string of the molecule is COC(=O)CC(N)(C(=O)OC(C)(C)C)c1ccc(OS(C)(=O)=O)cc1. The molecule has 0 aliphatic rings. The lowest BCUT2D eigenvalue weighted by Gasteiger charge is -2.31. The highest BCUT2D eigenvalue weighted by atomic mass is 32.2. The molecule has 1 unspecified atom stereocenters. The molecule has 0 spiro atoms. The molecule has 0 aliphatic heterocycles. The highest BCUT2D eigenvalue weighted by Gasteiger charge is 2.42. The van der Waals surface area contributed by atoms with Crippen molar-refractivity contribution in [1.29, 1.82) is 0 Å². The van der Waals surface area contributed by atoms with Crippen LogP contribution in [-0.4, -0.2) is 39.3 Å². The molecular formula is C16H23NO7S. The molecular weight excluding hydrogens is 350 g/mol. The molecule has 140 valence electrons. The first-order chi connectivity index (χ1) is 11.3. The predicted octanol–water partition coefficient (Wildman–Crippen LogP) is 1.08. The van der Waals surface area contributed by atoms with Crippen LogP contribution in [0.25, 0.3) is 0 Å². The first-order valence-electron chi connectivity index (χ1n) is 7.36. The third kappa shape index (κ3) is 6.35. The van der Waals surface area contributed by atoms with Crippen molar-refractivity contribution in [1.82, 2.24) is 0 Å². The van der Waals surface area contributed by atoms with E-state index in [1.54, 1.807) is 20.8 Å². The monoisotopic (exact) mass is 373 g/mol. The Hall–Kier alpha value is -2.13. The van der Waals surface area contributed by atoms with E-state index in [0.717, 1.165) is 6.26 Å². The van der Waals surface area contributed by atoms with E-state index < -0.39 is 39.6 Å². The van der Waals surface area contributed by atoms with Gasteiger partial charge in [-0.05, 0) is 38.5 Å². The molecule has 0 aliphatic carbocycles. The Labute approximate surface area is 147 Å². The number of methoxy groups -OCH3 is 1. The summed E-state index contributed by atoms with van der Waals surface area (Å²) in [6.07, 6.45) is 0.469. The molecule has 2 N–H and O–H groups in total. The van der Waals surface area contributed by atoms with Gasteiger partial charge in [-0.2, -0.15) is 8.42 Å². The fraction of sp³-hybridized carbons (Fsp3) is 0.500. The van der Waals surface area contributed by atoms with Crippen molar-refractivity contribution in [3.63, 3.8) is 0 Å². The molecule has 0 saturated heterocycles. The van der Waals surface area contributed by atoms with Gasteiger partial charge in [0.05, 0.1) is 19.8 Å². The van der Waals surface area contributed by atoms with Crippen molar-refractivity contribution < 1.29 is 31.7 Å². The molecule has 0 aromatic heterocycles. The molecule has 8 nitrogen and oxygen atoms in total.